The van der Waals surface area contributed by atoms with E-state index in [9.17, 15) is 10.1 Å². The number of benzene rings is 3. The minimum absolute atomic E-state index is 0.213. The summed E-state index contributed by atoms with van der Waals surface area (Å²) in [5.41, 5.74) is 4.87. The van der Waals surface area contributed by atoms with E-state index >= 15 is 0 Å². The van der Waals surface area contributed by atoms with Gasteiger partial charge in [0.15, 0.2) is 0 Å². The number of amides is 1. The van der Waals surface area contributed by atoms with Crippen molar-refractivity contribution in [3.8, 4) is 17.6 Å². The van der Waals surface area contributed by atoms with E-state index in [1.165, 1.54) is 6.21 Å². The lowest BCUT2D eigenvalue weighted by Gasteiger charge is -2.10. The maximum absolute atomic E-state index is 12.3. The molecule has 1 amide bonds. The molecule has 0 aromatic heterocycles. The Morgan fingerprint density at radius 2 is 1.91 bits per heavy atom. The Balaban J connectivity index is 1.65. The first-order valence-electron chi connectivity index (χ1n) is 10.1. The van der Waals surface area contributed by atoms with Crippen LogP contribution in [-0.4, -0.2) is 18.7 Å². The van der Waals surface area contributed by atoms with Crippen molar-refractivity contribution < 1.29 is 14.3 Å². The van der Waals surface area contributed by atoms with Crippen LogP contribution in [0.2, 0.25) is 5.02 Å². The van der Waals surface area contributed by atoms with E-state index < -0.39 is 0 Å². The highest BCUT2D eigenvalue weighted by Crippen LogP contribution is 2.23. The number of hydrazone groups is 1. The molecule has 162 valence electrons. The predicted molar refractivity (Wildman–Crippen MR) is 124 cm³/mol. The smallest absolute Gasteiger partial charge is 0.271 e. The molecule has 0 fully saturated rings. The van der Waals surface area contributed by atoms with Crippen molar-refractivity contribution in [3.63, 3.8) is 0 Å². The van der Waals surface area contributed by atoms with Gasteiger partial charge in [-0.3, -0.25) is 4.79 Å². The molecule has 0 bridgehead atoms. The first kappa shape index (κ1) is 22.9. The number of carbonyl (C=O) groups excluding carboxylic acids is 1. The van der Waals surface area contributed by atoms with E-state index in [4.69, 9.17) is 21.1 Å². The van der Waals surface area contributed by atoms with Gasteiger partial charge in [-0.05, 0) is 55.0 Å². The molecule has 0 radical (unpaired) electrons. The fourth-order valence-corrected chi connectivity index (χ4v) is 2.99. The van der Waals surface area contributed by atoms with Crippen LogP contribution < -0.4 is 14.9 Å². The van der Waals surface area contributed by atoms with Gasteiger partial charge in [0, 0.05) is 21.7 Å². The minimum atomic E-state index is -0.351. The van der Waals surface area contributed by atoms with Gasteiger partial charge in [-0.15, -0.1) is 0 Å². The van der Waals surface area contributed by atoms with Crippen molar-refractivity contribution in [1.29, 1.82) is 5.26 Å². The number of carbonyl (C=O) groups is 1. The number of nitrogens with zero attached hydrogens (tertiary/aromatic N) is 2. The lowest BCUT2D eigenvalue weighted by atomic mass is 10.1. The van der Waals surface area contributed by atoms with Gasteiger partial charge in [-0.1, -0.05) is 36.7 Å². The summed E-state index contributed by atoms with van der Waals surface area (Å²) in [6.45, 7) is 2.87. The van der Waals surface area contributed by atoms with E-state index in [-0.39, 0.29) is 12.5 Å². The van der Waals surface area contributed by atoms with E-state index in [1.807, 2.05) is 19.1 Å². The number of halogens is 1. The SMILES string of the molecule is CCCOc1ccc(C(=O)N/N=C/c2cc(Cl)ccc2OCc2ccccc2C#N)cc1. The third-order valence-electron chi connectivity index (χ3n) is 4.45. The zero-order chi connectivity index (χ0) is 22.8. The Kier molecular flexibility index (Phi) is 8.24. The standard InChI is InChI=1S/C25H22ClN3O3/c1-2-13-31-23-10-7-18(8-11-23)25(30)29-28-16-21-14-22(26)9-12-24(21)32-17-20-6-4-3-5-19(20)15-27/h3-12,14,16H,2,13,17H2,1H3,(H,29,30)/b28-16+. The normalized spacial score (nSPS) is 10.5. The number of nitrogens with one attached hydrogen (secondary N) is 1. The van der Waals surface area contributed by atoms with Crippen molar-refractivity contribution in [2.24, 2.45) is 5.10 Å². The molecule has 0 heterocycles. The Labute approximate surface area is 192 Å². The Bertz CT molecular complexity index is 1140. The van der Waals surface area contributed by atoms with Crippen LogP contribution in [0.25, 0.3) is 0 Å². The molecule has 0 aliphatic heterocycles. The second-order valence-electron chi connectivity index (χ2n) is 6.81. The summed E-state index contributed by atoms with van der Waals surface area (Å²) >= 11 is 6.11. The van der Waals surface area contributed by atoms with E-state index in [2.05, 4.69) is 16.6 Å². The van der Waals surface area contributed by atoms with Crippen LogP contribution in [0.15, 0.2) is 71.8 Å². The fraction of sp³-hybridized carbons (Fsp3) is 0.160. The summed E-state index contributed by atoms with van der Waals surface area (Å²) in [5.74, 6) is 0.888. The summed E-state index contributed by atoms with van der Waals surface area (Å²) in [7, 11) is 0. The topological polar surface area (TPSA) is 83.7 Å². The molecule has 32 heavy (non-hydrogen) atoms. The number of rotatable bonds is 9. The van der Waals surface area contributed by atoms with Crippen molar-refractivity contribution in [2.45, 2.75) is 20.0 Å². The first-order chi connectivity index (χ1) is 15.6. The third kappa shape index (κ3) is 6.34. The predicted octanol–water partition coefficient (Wildman–Crippen LogP) is 5.34. The van der Waals surface area contributed by atoms with Gasteiger partial charge >= 0.3 is 0 Å². The monoisotopic (exact) mass is 447 g/mol. The number of hydrogen-bond donors (Lipinski definition) is 1. The molecule has 3 aromatic rings. The molecule has 0 unspecified atom stereocenters. The van der Waals surface area contributed by atoms with Gasteiger partial charge < -0.3 is 9.47 Å². The van der Waals surface area contributed by atoms with Crippen molar-refractivity contribution >= 4 is 23.7 Å². The van der Waals surface area contributed by atoms with Crippen LogP contribution in [0.5, 0.6) is 11.5 Å². The van der Waals surface area contributed by atoms with Gasteiger partial charge in [-0.25, -0.2) is 5.43 Å². The molecule has 3 aromatic carbocycles. The number of nitriles is 1. The molecule has 0 spiro atoms. The Morgan fingerprint density at radius 1 is 1.12 bits per heavy atom. The minimum Gasteiger partial charge on any atom is -0.494 e. The van der Waals surface area contributed by atoms with Gasteiger partial charge in [0.25, 0.3) is 5.91 Å². The molecule has 1 N–H and O–H groups in total. The molecule has 7 heteroatoms. The highest BCUT2D eigenvalue weighted by atomic mass is 35.5. The highest BCUT2D eigenvalue weighted by Gasteiger charge is 2.08. The van der Waals surface area contributed by atoms with Crippen molar-refractivity contribution in [2.75, 3.05) is 6.61 Å². The van der Waals surface area contributed by atoms with Crippen molar-refractivity contribution in [1.82, 2.24) is 5.43 Å². The average Bonchev–Trinajstić information content (AvgIpc) is 2.82. The molecule has 6 nitrogen and oxygen atoms in total. The summed E-state index contributed by atoms with van der Waals surface area (Å²) in [5, 5.41) is 13.8. The van der Waals surface area contributed by atoms with Gasteiger partial charge in [0.2, 0.25) is 0 Å². The maximum atomic E-state index is 12.3. The van der Waals surface area contributed by atoms with Crippen LogP contribution >= 0.6 is 11.6 Å². The quantitative estimate of drug-likeness (QED) is 0.354. The second kappa shape index (κ2) is 11.5. The summed E-state index contributed by atoms with van der Waals surface area (Å²) < 4.78 is 11.4. The lowest BCUT2D eigenvalue weighted by molar-refractivity contribution is 0.0955. The van der Waals surface area contributed by atoms with E-state index in [0.29, 0.717) is 39.8 Å². The molecule has 0 aliphatic rings. The molecule has 0 atom stereocenters. The maximum Gasteiger partial charge on any atom is 0.271 e. The fourth-order valence-electron chi connectivity index (χ4n) is 2.81. The first-order valence-corrected chi connectivity index (χ1v) is 10.4. The van der Waals surface area contributed by atoms with Gasteiger partial charge in [-0.2, -0.15) is 10.4 Å². The zero-order valence-corrected chi connectivity index (χ0v) is 18.3. The van der Waals surface area contributed by atoms with Crippen LogP contribution in [0.1, 0.15) is 40.4 Å². The number of ether oxygens (including phenoxy) is 2. The van der Waals surface area contributed by atoms with Crippen LogP contribution in [-0.2, 0) is 6.61 Å². The van der Waals surface area contributed by atoms with Gasteiger partial charge in [0.05, 0.1) is 24.5 Å². The molecular formula is C25H22ClN3O3. The molecule has 0 saturated heterocycles. The zero-order valence-electron chi connectivity index (χ0n) is 17.5. The molecular weight excluding hydrogens is 426 g/mol. The van der Waals surface area contributed by atoms with E-state index in [0.717, 1.165) is 12.0 Å². The largest absolute Gasteiger partial charge is 0.494 e. The number of hydrogen-bond acceptors (Lipinski definition) is 5. The highest BCUT2D eigenvalue weighted by molar-refractivity contribution is 6.30. The summed E-state index contributed by atoms with van der Waals surface area (Å²) in [6.07, 6.45) is 2.38. The van der Waals surface area contributed by atoms with Crippen molar-refractivity contribution in [3.05, 3.63) is 94.0 Å². The Morgan fingerprint density at radius 3 is 2.66 bits per heavy atom. The Hall–Kier alpha value is -3.82. The molecule has 0 aliphatic carbocycles. The molecule has 0 saturated carbocycles. The van der Waals surface area contributed by atoms with Gasteiger partial charge in [0.1, 0.15) is 18.1 Å². The third-order valence-corrected chi connectivity index (χ3v) is 4.69. The van der Waals surface area contributed by atoms with E-state index in [1.54, 1.807) is 54.6 Å². The van der Waals surface area contributed by atoms with Crippen LogP contribution in [0.3, 0.4) is 0 Å². The second-order valence-corrected chi connectivity index (χ2v) is 7.25. The molecule has 3 rings (SSSR count). The summed E-state index contributed by atoms with van der Waals surface area (Å²) in [4.78, 5) is 12.3. The summed E-state index contributed by atoms with van der Waals surface area (Å²) in [6, 6.07) is 21.3. The average molecular weight is 448 g/mol. The van der Waals surface area contributed by atoms with Crippen LogP contribution in [0.4, 0.5) is 0 Å². The van der Waals surface area contributed by atoms with Crippen LogP contribution in [0, 0.1) is 11.3 Å². The lowest BCUT2D eigenvalue weighted by Crippen LogP contribution is -2.17.